The first-order valence-corrected chi connectivity index (χ1v) is 10.3. The van der Waals surface area contributed by atoms with E-state index in [1.54, 1.807) is 6.07 Å². The predicted molar refractivity (Wildman–Crippen MR) is 110 cm³/mol. The average Bonchev–Trinajstić information content (AvgIpc) is 2.68. The summed E-state index contributed by atoms with van der Waals surface area (Å²) in [6.45, 7) is 4.38. The lowest BCUT2D eigenvalue weighted by atomic mass is 9.69. The van der Waals surface area contributed by atoms with Crippen LogP contribution in [0.5, 0.6) is 5.75 Å². The molecule has 142 valence electrons. The Morgan fingerprint density at radius 1 is 0.889 bits per heavy atom. The highest BCUT2D eigenvalue weighted by molar-refractivity contribution is 5.38. The van der Waals surface area contributed by atoms with Gasteiger partial charge in [-0.05, 0) is 91.5 Å². The molecule has 1 fully saturated rings. The van der Waals surface area contributed by atoms with Gasteiger partial charge in [0.1, 0.15) is 5.75 Å². The van der Waals surface area contributed by atoms with Crippen molar-refractivity contribution >= 4 is 0 Å². The van der Waals surface area contributed by atoms with Crippen LogP contribution in [0.3, 0.4) is 0 Å². The van der Waals surface area contributed by atoms with Gasteiger partial charge in [-0.2, -0.15) is 0 Å². The molecule has 0 saturated heterocycles. The Labute approximate surface area is 162 Å². The molecule has 1 saturated carbocycles. The van der Waals surface area contributed by atoms with Gasteiger partial charge in [-0.15, -0.1) is 0 Å². The molecule has 2 aromatic rings. The lowest BCUT2D eigenvalue weighted by molar-refractivity contribution is 0.160. The van der Waals surface area contributed by atoms with Gasteiger partial charge >= 0.3 is 0 Å². The van der Waals surface area contributed by atoms with Crippen molar-refractivity contribution in [3.8, 4) is 5.75 Å². The third kappa shape index (κ3) is 3.96. The van der Waals surface area contributed by atoms with Crippen molar-refractivity contribution in [3.63, 3.8) is 0 Å². The first-order chi connectivity index (χ1) is 13.1. The third-order valence-corrected chi connectivity index (χ3v) is 6.80. The Hall–Kier alpha value is -2.06. The van der Waals surface area contributed by atoms with Crippen molar-refractivity contribution in [2.45, 2.75) is 57.0 Å². The van der Waals surface area contributed by atoms with E-state index in [9.17, 15) is 10.2 Å². The Morgan fingerprint density at radius 2 is 1.63 bits per heavy atom. The highest BCUT2D eigenvalue weighted by atomic mass is 16.3. The quantitative estimate of drug-likeness (QED) is 0.652. The van der Waals surface area contributed by atoms with Crippen molar-refractivity contribution < 1.29 is 10.2 Å². The fourth-order valence-corrected chi connectivity index (χ4v) is 5.31. The minimum Gasteiger partial charge on any atom is -0.508 e. The summed E-state index contributed by atoms with van der Waals surface area (Å²) in [6, 6.07) is 16.3. The molecule has 2 heteroatoms. The molecular formula is C25H30O2. The van der Waals surface area contributed by atoms with Gasteiger partial charge in [0.2, 0.25) is 0 Å². The smallest absolute Gasteiger partial charge is 0.115 e. The molecule has 2 aliphatic carbocycles. The van der Waals surface area contributed by atoms with Crippen LogP contribution < -0.4 is 0 Å². The molecule has 27 heavy (non-hydrogen) atoms. The molecule has 0 amide bonds. The number of rotatable bonds is 2. The number of aliphatic hydroxyl groups is 1. The third-order valence-electron chi connectivity index (χ3n) is 6.80. The second kappa shape index (κ2) is 7.90. The van der Waals surface area contributed by atoms with E-state index in [1.807, 2.05) is 12.1 Å². The predicted octanol–water partition coefficient (Wildman–Crippen LogP) is 5.91. The molecular weight excluding hydrogens is 332 g/mol. The van der Waals surface area contributed by atoms with Gasteiger partial charge in [0.25, 0.3) is 0 Å². The van der Waals surface area contributed by atoms with E-state index in [0.717, 1.165) is 24.0 Å². The first kappa shape index (κ1) is 18.3. The zero-order chi connectivity index (χ0) is 18.8. The van der Waals surface area contributed by atoms with E-state index in [2.05, 4.69) is 36.9 Å². The van der Waals surface area contributed by atoms with E-state index in [-0.39, 0.29) is 0 Å². The molecule has 0 radical (unpaired) electrons. The molecule has 0 bridgehead atoms. The minimum atomic E-state index is -0.503. The lowest BCUT2D eigenvalue weighted by Gasteiger charge is -2.37. The SMILES string of the molecule is C=C1CC(O)c2ccc(O)cc2CCC1C1CCC(c2ccccc2)CC1. The van der Waals surface area contributed by atoms with E-state index >= 15 is 0 Å². The maximum Gasteiger partial charge on any atom is 0.115 e. The van der Waals surface area contributed by atoms with Crippen LogP contribution in [0.1, 0.15) is 67.2 Å². The molecule has 0 aliphatic heterocycles. The van der Waals surface area contributed by atoms with Crippen molar-refractivity contribution in [2.24, 2.45) is 11.8 Å². The summed E-state index contributed by atoms with van der Waals surface area (Å²) in [5, 5.41) is 20.5. The molecule has 0 heterocycles. The number of aryl methyl sites for hydroxylation is 1. The number of fused-ring (bicyclic) bond motifs is 1. The molecule has 2 nitrogen and oxygen atoms in total. The number of hydrogen-bond donors (Lipinski definition) is 2. The van der Waals surface area contributed by atoms with E-state index < -0.39 is 6.10 Å². The zero-order valence-electron chi connectivity index (χ0n) is 16.0. The van der Waals surface area contributed by atoms with Crippen LogP contribution >= 0.6 is 0 Å². The number of benzene rings is 2. The zero-order valence-corrected chi connectivity index (χ0v) is 16.0. The van der Waals surface area contributed by atoms with Crippen molar-refractivity contribution in [1.29, 1.82) is 0 Å². The fourth-order valence-electron chi connectivity index (χ4n) is 5.31. The summed E-state index contributed by atoms with van der Waals surface area (Å²) in [5.74, 6) is 2.13. The Bertz CT molecular complexity index is 787. The summed E-state index contributed by atoms with van der Waals surface area (Å²) in [7, 11) is 0. The second-order valence-electron chi connectivity index (χ2n) is 8.43. The van der Waals surface area contributed by atoms with Gasteiger partial charge in [0.05, 0.1) is 6.10 Å². The first-order valence-electron chi connectivity index (χ1n) is 10.3. The maximum atomic E-state index is 10.7. The largest absolute Gasteiger partial charge is 0.508 e. The molecule has 0 spiro atoms. The van der Waals surface area contributed by atoms with Crippen LogP contribution in [0, 0.1) is 11.8 Å². The van der Waals surface area contributed by atoms with Gasteiger partial charge in [0, 0.05) is 0 Å². The Morgan fingerprint density at radius 3 is 2.37 bits per heavy atom. The number of aromatic hydroxyl groups is 1. The Balaban J connectivity index is 1.46. The van der Waals surface area contributed by atoms with Crippen LogP contribution in [0.2, 0.25) is 0 Å². The van der Waals surface area contributed by atoms with Crippen LogP contribution in [-0.4, -0.2) is 10.2 Å². The van der Waals surface area contributed by atoms with Gasteiger partial charge in [-0.3, -0.25) is 0 Å². The summed E-state index contributed by atoms with van der Waals surface area (Å²) in [5.41, 5.74) is 4.75. The van der Waals surface area contributed by atoms with E-state index in [4.69, 9.17) is 0 Å². The van der Waals surface area contributed by atoms with Crippen LogP contribution in [-0.2, 0) is 6.42 Å². The van der Waals surface area contributed by atoms with E-state index in [0.29, 0.717) is 29.9 Å². The van der Waals surface area contributed by atoms with Crippen molar-refractivity contribution in [3.05, 3.63) is 77.4 Å². The molecule has 2 aliphatic rings. The monoisotopic (exact) mass is 362 g/mol. The average molecular weight is 363 g/mol. The van der Waals surface area contributed by atoms with Gasteiger partial charge in [0.15, 0.2) is 0 Å². The summed E-state index contributed by atoms with van der Waals surface area (Å²) in [6.07, 6.45) is 7.10. The van der Waals surface area contributed by atoms with Crippen molar-refractivity contribution in [2.75, 3.05) is 0 Å². The summed E-state index contributed by atoms with van der Waals surface area (Å²) < 4.78 is 0. The van der Waals surface area contributed by atoms with Gasteiger partial charge in [-0.1, -0.05) is 48.6 Å². The minimum absolute atomic E-state index is 0.292. The normalized spacial score (nSPS) is 28.9. The number of hydrogen-bond acceptors (Lipinski definition) is 2. The summed E-state index contributed by atoms with van der Waals surface area (Å²) >= 11 is 0. The highest BCUT2D eigenvalue weighted by Crippen LogP contribution is 2.44. The molecule has 2 aromatic carbocycles. The number of phenols is 1. The molecule has 2 unspecified atom stereocenters. The van der Waals surface area contributed by atoms with E-state index in [1.165, 1.54) is 36.8 Å². The molecule has 0 aromatic heterocycles. The molecule has 4 rings (SSSR count). The van der Waals surface area contributed by atoms with Gasteiger partial charge < -0.3 is 10.2 Å². The topological polar surface area (TPSA) is 40.5 Å². The van der Waals surface area contributed by atoms with Gasteiger partial charge in [-0.25, -0.2) is 0 Å². The molecule has 2 atom stereocenters. The van der Waals surface area contributed by atoms with Crippen LogP contribution in [0.4, 0.5) is 0 Å². The fraction of sp³-hybridized carbons (Fsp3) is 0.440. The van der Waals surface area contributed by atoms with Crippen LogP contribution in [0.15, 0.2) is 60.7 Å². The Kier molecular flexibility index (Phi) is 5.36. The standard InChI is InChI=1S/C25H30O2/c1-17-15-25(27)24-14-12-22(26)16-21(24)11-13-23(17)20-9-7-19(8-10-20)18-5-3-2-4-6-18/h2-6,12,14,16,19-20,23,25-27H,1,7-11,13,15H2. The molecule has 2 N–H and O–H groups in total. The lowest BCUT2D eigenvalue weighted by Crippen LogP contribution is -2.25. The highest BCUT2D eigenvalue weighted by Gasteiger charge is 2.32. The maximum absolute atomic E-state index is 10.7. The van der Waals surface area contributed by atoms with Crippen molar-refractivity contribution in [1.82, 2.24) is 0 Å². The summed E-state index contributed by atoms with van der Waals surface area (Å²) in [4.78, 5) is 0. The number of phenolic OH excluding ortho intramolecular Hbond substituents is 1. The van der Waals surface area contributed by atoms with Crippen LogP contribution in [0.25, 0.3) is 0 Å². The second-order valence-corrected chi connectivity index (χ2v) is 8.43. The number of aliphatic hydroxyl groups excluding tert-OH is 1.